The van der Waals surface area contributed by atoms with Crippen LogP contribution in [0.2, 0.25) is 0 Å². The van der Waals surface area contributed by atoms with Gasteiger partial charge in [0.15, 0.2) is 0 Å². The molecule has 3 aromatic carbocycles. The molecule has 5 nitrogen and oxygen atoms in total. The molecule has 3 aromatic rings. The number of imide groups is 1. The van der Waals surface area contributed by atoms with Crippen LogP contribution < -0.4 is 15.1 Å². The number of anilines is 3. The molecule has 0 spiro atoms. The first kappa shape index (κ1) is 21.0. The number of amides is 2. The maximum Gasteiger partial charge on any atom is 0.282 e. The van der Waals surface area contributed by atoms with Crippen molar-refractivity contribution < 1.29 is 9.59 Å². The number of carbonyl (C=O) groups excluding carboxylic acids is 2. The molecule has 1 N–H and O–H groups in total. The average Bonchev–Trinajstić information content (AvgIpc) is 3.10. The molecule has 0 unspecified atom stereocenters. The van der Waals surface area contributed by atoms with Gasteiger partial charge in [-0.15, -0.1) is 0 Å². The van der Waals surface area contributed by atoms with Crippen LogP contribution in [0.5, 0.6) is 0 Å². The highest BCUT2D eigenvalue weighted by molar-refractivity contribution is 6.46. The second-order valence-electron chi connectivity index (χ2n) is 8.74. The van der Waals surface area contributed by atoms with Crippen molar-refractivity contribution in [3.63, 3.8) is 0 Å². The van der Waals surface area contributed by atoms with Crippen LogP contribution in [0.25, 0.3) is 5.57 Å². The molecule has 0 radical (unpaired) electrons. The third-order valence-electron chi connectivity index (χ3n) is 6.45. The van der Waals surface area contributed by atoms with E-state index >= 15 is 0 Å². The van der Waals surface area contributed by atoms with E-state index in [2.05, 4.69) is 29.3 Å². The highest BCUT2D eigenvalue weighted by Crippen LogP contribution is 2.34. The summed E-state index contributed by atoms with van der Waals surface area (Å²) < 4.78 is 0. The minimum absolute atomic E-state index is 0.301. The molecule has 0 bridgehead atoms. The highest BCUT2D eigenvalue weighted by atomic mass is 16.2. The van der Waals surface area contributed by atoms with E-state index in [0.29, 0.717) is 17.0 Å². The van der Waals surface area contributed by atoms with Crippen molar-refractivity contribution in [3.05, 3.63) is 96.2 Å². The van der Waals surface area contributed by atoms with Crippen molar-refractivity contribution in [2.45, 2.75) is 19.8 Å². The molecular weight excluding hydrogens is 410 g/mol. The van der Waals surface area contributed by atoms with Crippen LogP contribution in [-0.2, 0) is 9.59 Å². The maximum atomic E-state index is 13.4. The van der Waals surface area contributed by atoms with Crippen molar-refractivity contribution in [2.75, 3.05) is 28.2 Å². The first-order valence-corrected chi connectivity index (χ1v) is 11.5. The van der Waals surface area contributed by atoms with E-state index in [1.165, 1.54) is 23.4 Å². The first-order valence-electron chi connectivity index (χ1n) is 11.5. The summed E-state index contributed by atoms with van der Waals surface area (Å²) in [5.41, 5.74) is 3.93. The summed E-state index contributed by atoms with van der Waals surface area (Å²) in [4.78, 5) is 30.5. The van der Waals surface area contributed by atoms with E-state index < -0.39 is 0 Å². The Morgan fingerprint density at radius 3 is 1.97 bits per heavy atom. The quantitative estimate of drug-likeness (QED) is 0.549. The standard InChI is InChI=1S/C28H27N3O2/c1-20-16-18-30(19-17-20)23-14-12-22(13-15-23)29-26-25(21-8-4-2-5-9-21)27(32)31(28(26)33)24-10-6-3-7-11-24/h2-15,20,29H,16-19H2,1H3. The molecule has 2 aliphatic rings. The lowest BCUT2D eigenvalue weighted by molar-refractivity contribution is -0.120. The number of benzene rings is 3. The van der Waals surface area contributed by atoms with Gasteiger partial charge in [-0.2, -0.15) is 0 Å². The van der Waals surface area contributed by atoms with Crippen molar-refractivity contribution in [2.24, 2.45) is 5.92 Å². The molecule has 1 fully saturated rings. The van der Waals surface area contributed by atoms with Crippen LogP contribution in [0.15, 0.2) is 90.6 Å². The maximum absolute atomic E-state index is 13.4. The normalized spacial score (nSPS) is 17.1. The first-order chi connectivity index (χ1) is 16.1. The number of carbonyl (C=O) groups is 2. The minimum Gasteiger partial charge on any atom is -0.372 e. The number of nitrogens with zero attached hydrogens (tertiary/aromatic N) is 2. The minimum atomic E-state index is -0.348. The predicted octanol–water partition coefficient (Wildman–Crippen LogP) is 5.32. The van der Waals surface area contributed by atoms with Gasteiger partial charge >= 0.3 is 0 Å². The molecule has 2 aliphatic heterocycles. The van der Waals surface area contributed by atoms with Gasteiger partial charge in [-0.1, -0.05) is 55.5 Å². The van der Waals surface area contributed by atoms with Crippen molar-refractivity contribution in [1.29, 1.82) is 0 Å². The second-order valence-corrected chi connectivity index (χ2v) is 8.74. The molecule has 5 rings (SSSR count). The van der Waals surface area contributed by atoms with Crippen LogP contribution >= 0.6 is 0 Å². The van der Waals surface area contributed by atoms with Crippen LogP contribution in [0.4, 0.5) is 17.1 Å². The molecule has 2 amide bonds. The average molecular weight is 438 g/mol. The van der Waals surface area contributed by atoms with Crippen molar-refractivity contribution in [1.82, 2.24) is 0 Å². The fourth-order valence-electron chi connectivity index (χ4n) is 4.50. The van der Waals surface area contributed by atoms with E-state index in [0.717, 1.165) is 30.3 Å². The third kappa shape index (κ3) is 4.14. The Morgan fingerprint density at radius 2 is 1.33 bits per heavy atom. The highest BCUT2D eigenvalue weighted by Gasteiger charge is 2.40. The molecule has 0 aliphatic carbocycles. The zero-order valence-corrected chi connectivity index (χ0v) is 18.7. The predicted molar refractivity (Wildman–Crippen MR) is 133 cm³/mol. The van der Waals surface area contributed by atoms with Gasteiger partial charge < -0.3 is 10.2 Å². The second kappa shape index (κ2) is 8.94. The summed E-state index contributed by atoms with van der Waals surface area (Å²) in [5.74, 6) is 0.113. The van der Waals surface area contributed by atoms with E-state index in [-0.39, 0.29) is 11.8 Å². The number of hydrogen-bond donors (Lipinski definition) is 1. The Kier molecular flexibility index (Phi) is 5.69. The number of hydrogen-bond acceptors (Lipinski definition) is 4. The monoisotopic (exact) mass is 437 g/mol. The Bertz CT molecular complexity index is 1180. The lowest BCUT2D eigenvalue weighted by Crippen LogP contribution is -2.32. The van der Waals surface area contributed by atoms with Crippen molar-refractivity contribution >= 4 is 34.4 Å². The fraction of sp³-hybridized carbons (Fsp3) is 0.214. The van der Waals surface area contributed by atoms with Gasteiger partial charge in [0, 0.05) is 24.5 Å². The van der Waals surface area contributed by atoms with Crippen LogP contribution in [0, 0.1) is 5.92 Å². The number of piperidine rings is 1. The summed E-state index contributed by atoms with van der Waals surface area (Å²) >= 11 is 0. The molecule has 2 heterocycles. The molecule has 1 saturated heterocycles. The van der Waals surface area contributed by atoms with E-state index in [9.17, 15) is 9.59 Å². The van der Waals surface area contributed by atoms with Gasteiger partial charge in [0.2, 0.25) is 0 Å². The number of nitrogens with one attached hydrogen (secondary N) is 1. The van der Waals surface area contributed by atoms with Crippen molar-refractivity contribution in [3.8, 4) is 0 Å². The van der Waals surface area contributed by atoms with Gasteiger partial charge in [0.25, 0.3) is 11.8 Å². The number of para-hydroxylation sites is 1. The molecule has 166 valence electrons. The summed E-state index contributed by atoms with van der Waals surface area (Å²) in [7, 11) is 0. The van der Waals surface area contributed by atoms with Gasteiger partial charge in [0.1, 0.15) is 5.70 Å². The Labute approximate surface area is 194 Å². The molecule has 0 aromatic heterocycles. The van der Waals surface area contributed by atoms with Crippen LogP contribution in [0.3, 0.4) is 0 Å². The summed E-state index contributed by atoms with van der Waals surface area (Å²) in [6, 6.07) is 26.5. The zero-order chi connectivity index (χ0) is 22.8. The summed E-state index contributed by atoms with van der Waals surface area (Å²) in [5, 5.41) is 3.26. The Balaban J connectivity index is 1.45. The largest absolute Gasteiger partial charge is 0.372 e. The topological polar surface area (TPSA) is 52.7 Å². The summed E-state index contributed by atoms with van der Waals surface area (Å²) in [6.07, 6.45) is 2.42. The van der Waals surface area contributed by atoms with Gasteiger partial charge in [-0.3, -0.25) is 9.59 Å². The molecule has 33 heavy (non-hydrogen) atoms. The lowest BCUT2D eigenvalue weighted by atomic mass is 9.99. The lowest BCUT2D eigenvalue weighted by Gasteiger charge is -2.32. The van der Waals surface area contributed by atoms with Gasteiger partial charge in [-0.25, -0.2) is 4.90 Å². The van der Waals surface area contributed by atoms with Crippen LogP contribution in [-0.4, -0.2) is 24.9 Å². The zero-order valence-electron chi connectivity index (χ0n) is 18.7. The van der Waals surface area contributed by atoms with E-state index in [1.54, 1.807) is 12.1 Å². The van der Waals surface area contributed by atoms with Crippen LogP contribution in [0.1, 0.15) is 25.3 Å². The molecule has 5 heteroatoms. The van der Waals surface area contributed by atoms with E-state index in [1.807, 2.05) is 60.7 Å². The smallest absolute Gasteiger partial charge is 0.282 e. The SMILES string of the molecule is CC1CCN(c2ccc(NC3=C(c4ccccc4)C(=O)N(c4ccccc4)C3=O)cc2)CC1. The summed E-state index contributed by atoms with van der Waals surface area (Å²) in [6.45, 7) is 4.44. The fourth-order valence-corrected chi connectivity index (χ4v) is 4.50. The molecule has 0 saturated carbocycles. The van der Waals surface area contributed by atoms with Gasteiger partial charge in [0.05, 0.1) is 11.3 Å². The van der Waals surface area contributed by atoms with Gasteiger partial charge in [-0.05, 0) is 60.7 Å². The van der Waals surface area contributed by atoms with E-state index in [4.69, 9.17) is 0 Å². The molecular formula is C28H27N3O2. The molecule has 0 atom stereocenters. The Morgan fingerprint density at radius 1 is 0.727 bits per heavy atom. The number of rotatable bonds is 5. The Hall–Kier alpha value is -3.86. The third-order valence-corrected chi connectivity index (χ3v) is 6.45.